The van der Waals surface area contributed by atoms with E-state index in [1.165, 1.54) is 24.3 Å². The molecule has 3 aromatic rings. The Morgan fingerprint density at radius 2 is 1.90 bits per heavy atom. The van der Waals surface area contributed by atoms with Gasteiger partial charge in [0.1, 0.15) is 11.4 Å². The zero-order chi connectivity index (χ0) is 15.0. The summed E-state index contributed by atoms with van der Waals surface area (Å²) in [7, 11) is 0. The van der Waals surface area contributed by atoms with Gasteiger partial charge in [-0.2, -0.15) is 0 Å². The van der Waals surface area contributed by atoms with Crippen molar-refractivity contribution in [1.29, 1.82) is 0 Å². The van der Waals surface area contributed by atoms with E-state index in [-0.39, 0.29) is 17.5 Å². The van der Waals surface area contributed by atoms with Crippen molar-refractivity contribution >= 4 is 38.5 Å². The predicted octanol–water partition coefficient (Wildman–Crippen LogP) is 4.90. The second-order valence-electron chi connectivity index (χ2n) is 4.66. The van der Waals surface area contributed by atoms with Crippen molar-refractivity contribution in [2.75, 3.05) is 5.32 Å². The number of hydrogen-bond acceptors (Lipinski definition) is 2. The molecule has 3 nitrogen and oxygen atoms in total. The van der Waals surface area contributed by atoms with Crippen molar-refractivity contribution in [3.05, 3.63) is 64.1 Å². The highest BCUT2D eigenvalue weighted by Gasteiger charge is 2.17. The second kappa shape index (κ2) is 5.33. The summed E-state index contributed by atoms with van der Waals surface area (Å²) in [4.78, 5) is 12.3. The molecule has 0 aliphatic rings. The Kier molecular flexibility index (Phi) is 3.51. The fourth-order valence-electron chi connectivity index (χ4n) is 2.13. The normalized spacial score (nSPS) is 10.8. The summed E-state index contributed by atoms with van der Waals surface area (Å²) < 4.78 is 19.4. The monoisotopic (exact) mass is 347 g/mol. The van der Waals surface area contributed by atoms with Crippen LogP contribution in [-0.2, 0) is 0 Å². The van der Waals surface area contributed by atoms with Gasteiger partial charge in [-0.1, -0.05) is 15.9 Å². The first kappa shape index (κ1) is 13.8. The number of fused-ring (bicyclic) bond motifs is 1. The standard InChI is InChI=1S/C16H11BrFNO2/c1-9-13-8-10(17)2-7-14(13)21-15(9)16(20)19-12-5-3-11(18)4-6-12/h2-8H,1H3,(H,19,20). The summed E-state index contributed by atoms with van der Waals surface area (Å²) in [6.45, 7) is 1.83. The molecule has 21 heavy (non-hydrogen) atoms. The molecule has 0 aliphatic heterocycles. The summed E-state index contributed by atoms with van der Waals surface area (Å²) in [5.74, 6) is -0.448. The Hall–Kier alpha value is -2.14. The molecular weight excluding hydrogens is 337 g/mol. The highest BCUT2D eigenvalue weighted by molar-refractivity contribution is 9.10. The van der Waals surface area contributed by atoms with Crippen molar-refractivity contribution < 1.29 is 13.6 Å². The molecule has 0 unspecified atom stereocenters. The molecule has 0 saturated heterocycles. The highest BCUT2D eigenvalue weighted by Crippen LogP contribution is 2.28. The summed E-state index contributed by atoms with van der Waals surface area (Å²) in [5, 5.41) is 3.57. The topological polar surface area (TPSA) is 42.2 Å². The molecule has 1 heterocycles. The number of benzene rings is 2. The van der Waals surface area contributed by atoms with Crippen molar-refractivity contribution in [1.82, 2.24) is 0 Å². The molecule has 1 amide bonds. The average molecular weight is 348 g/mol. The first-order valence-corrected chi connectivity index (χ1v) is 7.09. The molecule has 3 rings (SSSR count). The van der Waals surface area contributed by atoms with Crippen molar-refractivity contribution in [2.24, 2.45) is 0 Å². The molecule has 0 spiro atoms. The van der Waals surface area contributed by atoms with Crippen LogP contribution in [0.3, 0.4) is 0 Å². The number of furan rings is 1. The Morgan fingerprint density at radius 3 is 2.62 bits per heavy atom. The van der Waals surface area contributed by atoms with E-state index >= 15 is 0 Å². The van der Waals surface area contributed by atoms with Gasteiger partial charge < -0.3 is 9.73 Å². The maximum atomic E-state index is 12.9. The van der Waals surface area contributed by atoms with Crippen LogP contribution in [0.2, 0.25) is 0 Å². The molecule has 1 N–H and O–H groups in total. The quantitative estimate of drug-likeness (QED) is 0.716. The van der Waals surface area contributed by atoms with Crippen molar-refractivity contribution in [3.8, 4) is 0 Å². The van der Waals surface area contributed by atoms with Gasteiger partial charge in [-0.05, 0) is 49.4 Å². The largest absolute Gasteiger partial charge is 0.451 e. The molecule has 106 valence electrons. The van der Waals surface area contributed by atoms with Gasteiger partial charge >= 0.3 is 0 Å². The molecule has 0 aliphatic carbocycles. The van der Waals surface area contributed by atoms with Crippen LogP contribution in [0.5, 0.6) is 0 Å². The van der Waals surface area contributed by atoms with Crippen LogP contribution >= 0.6 is 15.9 Å². The van der Waals surface area contributed by atoms with Crippen LogP contribution in [-0.4, -0.2) is 5.91 Å². The zero-order valence-electron chi connectivity index (χ0n) is 11.1. The van der Waals surface area contributed by atoms with E-state index in [1.807, 2.05) is 19.1 Å². The van der Waals surface area contributed by atoms with E-state index in [0.29, 0.717) is 11.3 Å². The predicted molar refractivity (Wildman–Crippen MR) is 83.0 cm³/mol. The number of aryl methyl sites for hydroxylation is 1. The fourth-order valence-corrected chi connectivity index (χ4v) is 2.49. The minimum atomic E-state index is -0.355. The third-order valence-corrected chi connectivity index (χ3v) is 3.70. The lowest BCUT2D eigenvalue weighted by molar-refractivity contribution is 0.0998. The van der Waals surface area contributed by atoms with Gasteiger partial charge in [-0.25, -0.2) is 4.39 Å². The van der Waals surface area contributed by atoms with E-state index in [2.05, 4.69) is 21.2 Å². The fraction of sp³-hybridized carbons (Fsp3) is 0.0625. The Balaban J connectivity index is 1.94. The molecule has 0 atom stereocenters. The van der Waals surface area contributed by atoms with E-state index in [4.69, 9.17) is 4.42 Å². The van der Waals surface area contributed by atoms with Crippen LogP contribution in [0.15, 0.2) is 51.4 Å². The smallest absolute Gasteiger partial charge is 0.291 e. The summed E-state index contributed by atoms with van der Waals surface area (Å²) >= 11 is 3.40. The van der Waals surface area contributed by atoms with E-state index in [0.717, 1.165) is 15.4 Å². The second-order valence-corrected chi connectivity index (χ2v) is 5.57. The zero-order valence-corrected chi connectivity index (χ0v) is 12.7. The molecule has 0 bridgehead atoms. The number of amides is 1. The van der Waals surface area contributed by atoms with Crippen LogP contribution < -0.4 is 5.32 Å². The SMILES string of the molecule is Cc1c(C(=O)Nc2ccc(F)cc2)oc2ccc(Br)cc12. The van der Waals surface area contributed by atoms with Crippen LogP contribution in [0.1, 0.15) is 16.1 Å². The molecule has 1 aromatic heterocycles. The first-order valence-electron chi connectivity index (χ1n) is 6.30. The first-order chi connectivity index (χ1) is 10.0. The lowest BCUT2D eigenvalue weighted by atomic mass is 10.1. The lowest BCUT2D eigenvalue weighted by Crippen LogP contribution is -2.12. The number of nitrogens with one attached hydrogen (secondary N) is 1. The minimum absolute atomic E-state index is 0.257. The van der Waals surface area contributed by atoms with Gasteiger partial charge in [0.15, 0.2) is 5.76 Å². The third-order valence-electron chi connectivity index (χ3n) is 3.21. The van der Waals surface area contributed by atoms with Gasteiger partial charge in [0.2, 0.25) is 0 Å². The molecule has 2 aromatic carbocycles. The van der Waals surface area contributed by atoms with Crippen molar-refractivity contribution in [2.45, 2.75) is 6.92 Å². The molecule has 0 saturated carbocycles. The maximum Gasteiger partial charge on any atom is 0.291 e. The van der Waals surface area contributed by atoms with Gasteiger partial charge in [0.05, 0.1) is 0 Å². The molecule has 5 heteroatoms. The number of rotatable bonds is 2. The number of hydrogen-bond donors (Lipinski definition) is 1. The molecule has 0 fully saturated rings. The number of anilines is 1. The lowest BCUT2D eigenvalue weighted by Gasteiger charge is -2.03. The summed E-state index contributed by atoms with van der Waals surface area (Å²) in [5.41, 5.74) is 1.94. The van der Waals surface area contributed by atoms with Gasteiger partial charge in [0.25, 0.3) is 5.91 Å². The van der Waals surface area contributed by atoms with Crippen LogP contribution in [0.25, 0.3) is 11.0 Å². The van der Waals surface area contributed by atoms with Gasteiger partial charge in [-0.15, -0.1) is 0 Å². The van der Waals surface area contributed by atoms with Crippen LogP contribution in [0, 0.1) is 12.7 Å². The Labute approximate surface area is 128 Å². The third kappa shape index (κ3) is 2.69. The number of carbonyl (C=O) groups excluding carboxylic acids is 1. The van der Waals surface area contributed by atoms with Crippen molar-refractivity contribution in [3.63, 3.8) is 0 Å². The Bertz CT molecular complexity index is 824. The van der Waals surface area contributed by atoms with Crippen LogP contribution in [0.4, 0.5) is 10.1 Å². The van der Waals surface area contributed by atoms with E-state index in [9.17, 15) is 9.18 Å². The van der Waals surface area contributed by atoms with E-state index < -0.39 is 0 Å². The molecule has 0 radical (unpaired) electrons. The van der Waals surface area contributed by atoms with Gasteiger partial charge in [0, 0.05) is 21.1 Å². The van der Waals surface area contributed by atoms with Gasteiger partial charge in [-0.3, -0.25) is 4.79 Å². The Morgan fingerprint density at radius 1 is 1.19 bits per heavy atom. The average Bonchev–Trinajstić information content (AvgIpc) is 2.79. The van der Waals surface area contributed by atoms with E-state index in [1.54, 1.807) is 6.07 Å². The summed E-state index contributed by atoms with van der Waals surface area (Å²) in [6.07, 6.45) is 0. The maximum absolute atomic E-state index is 12.9. The number of halogens is 2. The summed E-state index contributed by atoms with van der Waals surface area (Å²) in [6, 6.07) is 11.1. The number of carbonyl (C=O) groups is 1. The highest BCUT2D eigenvalue weighted by atomic mass is 79.9. The molecular formula is C16H11BrFNO2. The minimum Gasteiger partial charge on any atom is -0.451 e.